The number of methoxy groups -OCH3 is 1. The minimum atomic E-state index is 0.256. The van der Waals surface area contributed by atoms with E-state index in [4.69, 9.17) is 4.74 Å². The minimum Gasteiger partial charge on any atom is -0.508 e. The summed E-state index contributed by atoms with van der Waals surface area (Å²) in [4.78, 5) is 9.17. The van der Waals surface area contributed by atoms with Crippen LogP contribution < -0.4 is 10.1 Å². The molecule has 1 heterocycles. The van der Waals surface area contributed by atoms with Crippen LogP contribution in [-0.2, 0) is 13.1 Å². The molecule has 2 N–H and O–H groups in total. The van der Waals surface area contributed by atoms with Gasteiger partial charge in [-0.2, -0.15) is 0 Å². The van der Waals surface area contributed by atoms with Gasteiger partial charge < -0.3 is 20.1 Å². The Morgan fingerprint density at radius 3 is 2.61 bits per heavy atom. The van der Waals surface area contributed by atoms with E-state index in [-0.39, 0.29) is 5.75 Å². The van der Waals surface area contributed by atoms with Crippen LogP contribution in [0, 0.1) is 6.92 Å². The van der Waals surface area contributed by atoms with E-state index < -0.39 is 0 Å². The van der Waals surface area contributed by atoms with Gasteiger partial charge in [0.2, 0.25) is 0 Å². The molecule has 150 valence electrons. The molecule has 0 unspecified atom stereocenters. The number of aliphatic imine (C=N–C) groups is 1. The highest BCUT2D eigenvalue weighted by molar-refractivity contribution is 5.80. The summed E-state index contributed by atoms with van der Waals surface area (Å²) >= 11 is 0. The third kappa shape index (κ3) is 5.16. The molecule has 28 heavy (non-hydrogen) atoms. The zero-order chi connectivity index (χ0) is 19.9. The molecule has 0 atom stereocenters. The fourth-order valence-electron chi connectivity index (χ4n) is 3.52. The Labute approximate surface area is 167 Å². The van der Waals surface area contributed by atoms with E-state index >= 15 is 0 Å². The van der Waals surface area contributed by atoms with E-state index in [9.17, 15) is 5.11 Å². The number of guanidine groups is 1. The highest BCUT2D eigenvalue weighted by Crippen LogP contribution is 2.22. The van der Waals surface area contributed by atoms with Gasteiger partial charge in [-0.05, 0) is 30.7 Å². The number of aryl methyl sites for hydroxylation is 1. The van der Waals surface area contributed by atoms with Crippen LogP contribution in [0.15, 0.2) is 47.5 Å². The summed E-state index contributed by atoms with van der Waals surface area (Å²) in [7, 11) is 3.42. The highest BCUT2D eigenvalue weighted by Gasteiger charge is 2.20. The van der Waals surface area contributed by atoms with Crippen LogP contribution in [0.1, 0.15) is 16.7 Å². The van der Waals surface area contributed by atoms with E-state index in [1.165, 1.54) is 11.1 Å². The largest absolute Gasteiger partial charge is 0.508 e. The number of piperazine rings is 1. The Morgan fingerprint density at radius 2 is 1.93 bits per heavy atom. The molecule has 0 aliphatic carbocycles. The maximum absolute atomic E-state index is 10.1. The molecule has 0 saturated carbocycles. The van der Waals surface area contributed by atoms with Crippen molar-refractivity contribution in [1.82, 2.24) is 15.1 Å². The van der Waals surface area contributed by atoms with Crippen molar-refractivity contribution >= 4 is 5.96 Å². The smallest absolute Gasteiger partial charge is 0.194 e. The Hall–Kier alpha value is -2.73. The van der Waals surface area contributed by atoms with E-state index in [2.05, 4.69) is 51.3 Å². The van der Waals surface area contributed by atoms with Crippen LogP contribution in [0.25, 0.3) is 0 Å². The van der Waals surface area contributed by atoms with E-state index in [1.807, 2.05) is 6.07 Å². The van der Waals surface area contributed by atoms with Gasteiger partial charge in [-0.25, -0.2) is 0 Å². The number of hydrogen-bond donors (Lipinski definition) is 2. The molecule has 1 saturated heterocycles. The molecule has 6 heteroatoms. The molecule has 1 aliphatic heterocycles. The number of benzene rings is 2. The average Bonchev–Trinajstić information content (AvgIpc) is 2.71. The van der Waals surface area contributed by atoms with Crippen molar-refractivity contribution in [1.29, 1.82) is 0 Å². The maximum atomic E-state index is 10.1. The minimum absolute atomic E-state index is 0.256. The fourth-order valence-corrected chi connectivity index (χ4v) is 3.52. The van der Waals surface area contributed by atoms with Crippen molar-refractivity contribution in [3.8, 4) is 11.5 Å². The van der Waals surface area contributed by atoms with Crippen LogP contribution in [0.4, 0.5) is 0 Å². The second kappa shape index (κ2) is 9.46. The van der Waals surface area contributed by atoms with Crippen LogP contribution in [0.5, 0.6) is 11.5 Å². The molecule has 2 aromatic rings. The Kier molecular flexibility index (Phi) is 6.76. The average molecular weight is 383 g/mol. The topological polar surface area (TPSA) is 60.3 Å². The van der Waals surface area contributed by atoms with Gasteiger partial charge in [0.05, 0.1) is 7.11 Å². The van der Waals surface area contributed by atoms with Gasteiger partial charge in [0.25, 0.3) is 0 Å². The lowest BCUT2D eigenvalue weighted by Gasteiger charge is -2.36. The predicted molar refractivity (Wildman–Crippen MR) is 113 cm³/mol. The number of phenolic OH excluding ortho intramolecular Hbond substituents is 1. The van der Waals surface area contributed by atoms with Crippen molar-refractivity contribution in [2.45, 2.75) is 20.0 Å². The summed E-state index contributed by atoms with van der Waals surface area (Å²) in [6, 6.07) is 14.0. The van der Waals surface area contributed by atoms with E-state index in [0.717, 1.165) is 50.0 Å². The predicted octanol–water partition coefficient (Wildman–Crippen LogP) is 2.60. The Balaban J connectivity index is 1.52. The zero-order valence-corrected chi connectivity index (χ0v) is 17.0. The number of rotatable bonds is 5. The van der Waals surface area contributed by atoms with Gasteiger partial charge in [0.1, 0.15) is 11.5 Å². The quantitative estimate of drug-likeness (QED) is 0.615. The third-order valence-electron chi connectivity index (χ3n) is 5.10. The normalized spacial score (nSPS) is 15.5. The highest BCUT2D eigenvalue weighted by atomic mass is 16.5. The molecule has 2 aromatic carbocycles. The van der Waals surface area contributed by atoms with E-state index in [0.29, 0.717) is 6.54 Å². The molecular formula is C22H30N4O2. The van der Waals surface area contributed by atoms with Crippen LogP contribution in [-0.4, -0.2) is 61.2 Å². The number of nitrogens with zero attached hydrogens (tertiary/aromatic N) is 3. The van der Waals surface area contributed by atoms with Gasteiger partial charge in [0, 0.05) is 51.9 Å². The van der Waals surface area contributed by atoms with Crippen molar-refractivity contribution in [2.75, 3.05) is 40.3 Å². The first-order chi connectivity index (χ1) is 13.6. The first kappa shape index (κ1) is 20.0. The van der Waals surface area contributed by atoms with Crippen molar-refractivity contribution in [3.63, 3.8) is 0 Å². The number of aromatic hydroxyl groups is 1. The van der Waals surface area contributed by atoms with Crippen LogP contribution >= 0.6 is 0 Å². The van der Waals surface area contributed by atoms with Gasteiger partial charge in [-0.3, -0.25) is 9.89 Å². The molecule has 0 amide bonds. The summed E-state index contributed by atoms with van der Waals surface area (Å²) in [5.74, 6) is 1.85. The molecular weight excluding hydrogens is 352 g/mol. The standard InChI is InChI=1S/C22H30N4O2/c1-17-5-4-6-18(13-17)16-25-9-11-26(12-10-25)22(23-2)24-15-19-14-20(28-3)7-8-21(19)27/h4-8,13-14,27H,9-12,15-16H2,1-3H3,(H,23,24). The first-order valence-corrected chi connectivity index (χ1v) is 9.68. The van der Waals surface area contributed by atoms with Crippen molar-refractivity contribution < 1.29 is 9.84 Å². The molecule has 0 aromatic heterocycles. The fraction of sp³-hybridized carbons (Fsp3) is 0.409. The molecule has 0 bridgehead atoms. The molecule has 0 radical (unpaired) electrons. The lowest BCUT2D eigenvalue weighted by molar-refractivity contribution is 0.172. The molecule has 3 rings (SSSR count). The maximum Gasteiger partial charge on any atom is 0.194 e. The van der Waals surface area contributed by atoms with Gasteiger partial charge in [0.15, 0.2) is 5.96 Å². The first-order valence-electron chi connectivity index (χ1n) is 9.68. The zero-order valence-electron chi connectivity index (χ0n) is 17.0. The number of ether oxygens (including phenoxy) is 1. The summed E-state index contributed by atoms with van der Waals surface area (Å²) in [5, 5.41) is 13.4. The van der Waals surface area contributed by atoms with Gasteiger partial charge in [-0.1, -0.05) is 29.8 Å². The molecule has 1 fully saturated rings. The lowest BCUT2D eigenvalue weighted by Crippen LogP contribution is -2.52. The molecule has 6 nitrogen and oxygen atoms in total. The second-order valence-electron chi connectivity index (χ2n) is 7.15. The monoisotopic (exact) mass is 382 g/mol. The van der Waals surface area contributed by atoms with Gasteiger partial charge in [-0.15, -0.1) is 0 Å². The Bertz CT molecular complexity index is 814. The summed E-state index contributed by atoms with van der Waals surface area (Å²) in [6.07, 6.45) is 0. The summed E-state index contributed by atoms with van der Waals surface area (Å²) < 4.78 is 5.24. The third-order valence-corrected chi connectivity index (χ3v) is 5.10. The summed E-state index contributed by atoms with van der Waals surface area (Å²) in [5.41, 5.74) is 3.46. The number of hydrogen-bond acceptors (Lipinski definition) is 4. The van der Waals surface area contributed by atoms with Crippen molar-refractivity contribution in [3.05, 3.63) is 59.2 Å². The summed E-state index contributed by atoms with van der Waals surface area (Å²) in [6.45, 7) is 7.47. The molecule has 1 aliphatic rings. The Morgan fingerprint density at radius 1 is 1.14 bits per heavy atom. The van der Waals surface area contributed by atoms with Crippen molar-refractivity contribution in [2.24, 2.45) is 4.99 Å². The van der Waals surface area contributed by atoms with E-state index in [1.54, 1.807) is 26.3 Å². The lowest BCUT2D eigenvalue weighted by atomic mass is 10.1. The second-order valence-corrected chi connectivity index (χ2v) is 7.15. The van der Waals surface area contributed by atoms with Crippen LogP contribution in [0.3, 0.4) is 0 Å². The molecule has 0 spiro atoms. The number of phenols is 1. The van der Waals surface area contributed by atoms with Gasteiger partial charge >= 0.3 is 0 Å². The SMILES string of the molecule is CN=C(NCc1cc(OC)ccc1O)N1CCN(Cc2cccc(C)c2)CC1. The van der Waals surface area contributed by atoms with Crippen LogP contribution in [0.2, 0.25) is 0 Å². The number of nitrogens with one attached hydrogen (secondary N) is 1.